The van der Waals surface area contributed by atoms with Crippen molar-refractivity contribution in [1.29, 1.82) is 0 Å². The van der Waals surface area contributed by atoms with Crippen molar-refractivity contribution in [3.63, 3.8) is 0 Å². The number of esters is 1. The number of benzene rings is 7. The van der Waals surface area contributed by atoms with Crippen LogP contribution in [0.5, 0.6) is 57.5 Å². The molecule has 0 N–H and O–H groups in total. The van der Waals surface area contributed by atoms with E-state index in [1.807, 2.05) is 36.4 Å². The highest BCUT2D eigenvalue weighted by molar-refractivity contribution is 5.90. The second kappa shape index (κ2) is 29.8. The zero-order valence-corrected chi connectivity index (χ0v) is 65.0. The third-order valence-corrected chi connectivity index (χ3v) is 17.5. The van der Waals surface area contributed by atoms with Gasteiger partial charge >= 0.3 is 5.97 Å². The second-order valence-corrected chi connectivity index (χ2v) is 34.4. The molecule has 0 heterocycles. The topological polar surface area (TPSA) is 119 Å². The molecule has 98 heavy (non-hydrogen) atoms. The number of rotatable bonds is 23. The average molecular weight is 1340 g/mol. The summed E-state index contributed by atoms with van der Waals surface area (Å²) in [5.74, 6) is 6.17. The molecule has 0 fully saturated rings. The molecule has 12 heteroatoms. The molecular weight excluding hydrogens is 1220 g/mol. The van der Waals surface area contributed by atoms with Crippen molar-refractivity contribution in [3.8, 4) is 57.5 Å². The lowest BCUT2D eigenvalue weighted by Crippen LogP contribution is -2.20. The fourth-order valence-corrected chi connectivity index (χ4v) is 12.2. The Bertz CT molecular complexity index is 3340. The van der Waals surface area contributed by atoms with Crippen molar-refractivity contribution < 1.29 is 56.9 Å². The van der Waals surface area contributed by atoms with Crippen molar-refractivity contribution in [3.05, 3.63) is 187 Å². The SMILES string of the molecule is COC(=O)c1cc(OCc2cc(OCc3cc(C(C)(C)C)c(OC)c(C(C)(C)C)c3)cc(OCc3cc(C(C)(C)C)c(OC)c(C(C)(C)C)c3)c2)cc(OCc2cc(OCc3cc(C(C)(C)C)c(OC)c(C(C)(C)C)c3)cc(OCc3cc(C(C)(C)C)c(OC)c(C(C)(C)C)c3)c2)c1. The van der Waals surface area contributed by atoms with Gasteiger partial charge in [0.2, 0.25) is 0 Å². The standard InChI is InChI=1S/C86H116O12/c1-79(2,3)66-34-55(35-67(74(66)88-25)80(4,5)6)49-93-60-30-53(31-61(44-60)94-50-56-36-68(81(7,8)9)75(89-26)69(37-56)82(10,11)12)47-97-64-42-59(78(87)92-29)43-65(46-64)98-48-54-32-62(95-51-57-38-70(83(13,14)15)76(90-27)71(39-57)84(16,17)18)45-63(33-54)96-52-58-40-72(85(19,20)21)77(91-28)73(41-58)86(22,23)24/h30-46H,47-52H2,1-29H3. The number of carbonyl (C=O) groups is 1. The van der Waals surface area contributed by atoms with Gasteiger partial charge in [0.05, 0.1) is 41.1 Å². The largest absolute Gasteiger partial charge is 0.496 e. The molecule has 0 aliphatic carbocycles. The lowest BCUT2D eigenvalue weighted by Gasteiger charge is -2.30. The third-order valence-electron chi connectivity index (χ3n) is 17.5. The Hall–Kier alpha value is -7.99. The molecule has 7 aromatic carbocycles. The predicted octanol–water partition coefficient (Wildman–Crippen LogP) is 21.4. The first-order valence-corrected chi connectivity index (χ1v) is 34.4. The van der Waals surface area contributed by atoms with Crippen molar-refractivity contribution in [2.24, 2.45) is 0 Å². The zero-order valence-electron chi connectivity index (χ0n) is 65.0. The second-order valence-electron chi connectivity index (χ2n) is 34.4. The summed E-state index contributed by atoms with van der Waals surface area (Å²) in [5, 5.41) is 0. The summed E-state index contributed by atoms with van der Waals surface area (Å²) in [4.78, 5) is 13.5. The van der Waals surface area contributed by atoms with E-state index in [0.717, 1.165) is 101 Å². The van der Waals surface area contributed by atoms with E-state index in [9.17, 15) is 4.79 Å². The summed E-state index contributed by atoms with van der Waals surface area (Å²) < 4.78 is 70.2. The maximum Gasteiger partial charge on any atom is 0.338 e. The molecule has 0 saturated carbocycles. The van der Waals surface area contributed by atoms with E-state index >= 15 is 0 Å². The van der Waals surface area contributed by atoms with Gasteiger partial charge in [-0.2, -0.15) is 0 Å². The van der Waals surface area contributed by atoms with Crippen molar-refractivity contribution in [2.75, 3.05) is 35.5 Å². The average Bonchev–Trinajstić information content (AvgIpc) is 0.795. The number of methoxy groups -OCH3 is 5. The number of ether oxygens (including phenoxy) is 11. The first kappa shape index (κ1) is 77.4. The molecule has 0 aliphatic heterocycles. The van der Waals surface area contributed by atoms with Crippen molar-refractivity contribution in [1.82, 2.24) is 0 Å². The highest BCUT2D eigenvalue weighted by atomic mass is 16.5. The number of hydrogen-bond donors (Lipinski definition) is 0. The van der Waals surface area contributed by atoms with Gasteiger partial charge < -0.3 is 52.1 Å². The Morgan fingerprint density at radius 2 is 0.388 bits per heavy atom. The highest BCUT2D eigenvalue weighted by Gasteiger charge is 2.33. The monoisotopic (exact) mass is 1340 g/mol. The quantitative estimate of drug-likeness (QED) is 0.0567. The van der Waals surface area contributed by atoms with E-state index in [2.05, 4.69) is 215 Å². The summed E-state index contributed by atoms with van der Waals surface area (Å²) in [7, 11) is 8.34. The summed E-state index contributed by atoms with van der Waals surface area (Å²) in [5.41, 5.74) is 13.1. The van der Waals surface area contributed by atoms with E-state index < -0.39 is 5.97 Å². The van der Waals surface area contributed by atoms with E-state index in [1.165, 1.54) is 7.11 Å². The smallest absolute Gasteiger partial charge is 0.338 e. The van der Waals surface area contributed by atoms with Crippen LogP contribution in [0.25, 0.3) is 0 Å². The van der Waals surface area contributed by atoms with Gasteiger partial charge in [-0.05, 0) is 162 Å². The van der Waals surface area contributed by atoms with Crippen molar-refractivity contribution in [2.45, 2.75) is 249 Å². The Kier molecular flexibility index (Phi) is 23.6. The maximum absolute atomic E-state index is 13.5. The lowest BCUT2D eigenvalue weighted by atomic mass is 9.78. The van der Waals surface area contributed by atoms with E-state index in [1.54, 1.807) is 46.6 Å². The maximum atomic E-state index is 13.5. The minimum Gasteiger partial charge on any atom is -0.496 e. The highest BCUT2D eigenvalue weighted by Crippen LogP contribution is 2.46. The fraction of sp³-hybridized carbons (Fsp3) is 0.500. The Morgan fingerprint density at radius 3 is 0.531 bits per heavy atom. The molecule has 0 atom stereocenters. The summed E-state index contributed by atoms with van der Waals surface area (Å²) >= 11 is 0. The molecule has 0 bridgehead atoms. The van der Waals surface area contributed by atoms with Gasteiger partial charge in [0.25, 0.3) is 0 Å². The van der Waals surface area contributed by atoms with Crippen LogP contribution in [0, 0.1) is 0 Å². The van der Waals surface area contributed by atoms with Crippen LogP contribution in [0.4, 0.5) is 0 Å². The predicted molar refractivity (Wildman–Crippen MR) is 398 cm³/mol. The normalized spacial score (nSPS) is 12.6. The molecule has 0 saturated heterocycles. The van der Waals surface area contributed by atoms with E-state index in [-0.39, 0.29) is 88.5 Å². The van der Waals surface area contributed by atoms with Crippen LogP contribution in [0.1, 0.15) is 254 Å². The van der Waals surface area contributed by atoms with Crippen LogP contribution in [0.3, 0.4) is 0 Å². The molecule has 12 nitrogen and oxygen atoms in total. The van der Waals surface area contributed by atoms with Crippen LogP contribution < -0.4 is 47.4 Å². The Labute approximate surface area is 588 Å². The molecule has 7 aromatic rings. The van der Waals surface area contributed by atoms with E-state index in [0.29, 0.717) is 34.5 Å². The van der Waals surface area contributed by atoms with Gasteiger partial charge in [-0.1, -0.05) is 166 Å². The molecule has 532 valence electrons. The van der Waals surface area contributed by atoms with E-state index in [4.69, 9.17) is 52.1 Å². The van der Waals surface area contributed by atoms with Crippen LogP contribution in [-0.2, 0) is 87.7 Å². The summed E-state index contributed by atoms with van der Waals surface area (Å²) in [6.45, 7) is 54.1. The number of carbonyl (C=O) groups excluding carboxylic acids is 1. The summed E-state index contributed by atoms with van der Waals surface area (Å²) in [6.07, 6.45) is 0. The van der Waals surface area contributed by atoms with Gasteiger partial charge in [0, 0.05) is 62.7 Å². The van der Waals surface area contributed by atoms with Gasteiger partial charge in [0.1, 0.15) is 97.1 Å². The van der Waals surface area contributed by atoms with Gasteiger partial charge in [-0.3, -0.25) is 0 Å². The molecule has 0 radical (unpaired) electrons. The first-order chi connectivity index (χ1) is 45.2. The van der Waals surface area contributed by atoms with Crippen LogP contribution in [-0.4, -0.2) is 41.5 Å². The minimum atomic E-state index is -0.548. The van der Waals surface area contributed by atoms with Crippen molar-refractivity contribution >= 4 is 5.97 Å². The molecule has 0 amide bonds. The zero-order chi connectivity index (χ0) is 73.1. The fourth-order valence-electron chi connectivity index (χ4n) is 12.2. The molecular formula is C86H116O12. The molecule has 0 spiro atoms. The van der Waals surface area contributed by atoms with Gasteiger partial charge in [0.15, 0.2) is 0 Å². The molecule has 0 unspecified atom stereocenters. The molecule has 0 aliphatic rings. The van der Waals surface area contributed by atoms with Crippen LogP contribution >= 0.6 is 0 Å². The van der Waals surface area contributed by atoms with Gasteiger partial charge in [-0.25, -0.2) is 4.79 Å². The Balaban J connectivity index is 1.25. The first-order valence-electron chi connectivity index (χ1n) is 34.4. The number of hydrogen-bond acceptors (Lipinski definition) is 12. The third kappa shape index (κ3) is 19.7. The minimum absolute atomic E-state index is 0.0822. The molecule has 0 aromatic heterocycles. The molecule has 7 rings (SSSR count). The lowest BCUT2D eigenvalue weighted by molar-refractivity contribution is 0.0599. The van der Waals surface area contributed by atoms with Crippen LogP contribution in [0.15, 0.2) is 103 Å². The summed E-state index contributed by atoms with van der Waals surface area (Å²) in [6, 6.07) is 34.3. The van der Waals surface area contributed by atoms with Crippen LogP contribution in [0.2, 0.25) is 0 Å². The van der Waals surface area contributed by atoms with Gasteiger partial charge in [-0.15, -0.1) is 0 Å². The Morgan fingerprint density at radius 1 is 0.235 bits per heavy atom.